The summed E-state index contributed by atoms with van der Waals surface area (Å²) in [6.45, 7) is 0.708. The minimum Gasteiger partial charge on any atom is -0.408 e. The van der Waals surface area contributed by atoms with Crippen LogP contribution in [-0.2, 0) is 13.0 Å². The van der Waals surface area contributed by atoms with Gasteiger partial charge in [0.05, 0.1) is 5.52 Å². The molecule has 0 aliphatic rings. The normalized spacial score (nSPS) is 11.1. The molecular formula is C17H16INO2. The molecule has 0 spiro atoms. The molecule has 0 aliphatic heterocycles. The van der Waals surface area contributed by atoms with Crippen LogP contribution in [0.15, 0.2) is 57.7 Å². The fourth-order valence-corrected chi connectivity index (χ4v) is 2.96. The molecule has 3 nitrogen and oxygen atoms in total. The summed E-state index contributed by atoms with van der Waals surface area (Å²) in [5.74, 6) is -0.258. The van der Waals surface area contributed by atoms with Gasteiger partial charge in [-0.2, -0.15) is 0 Å². The molecule has 0 saturated carbocycles. The van der Waals surface area contributed by atoms with Gasteiger partial charge in [0.1, 0.15) is 0 Å². The molecule has 2 aromatic carbocycles. The highest BCUT2D eigenvalue weighted by atomic mass is 127. The zero-order chi connectivity index (χ0) is 14.7. The number of rotatable bonds is 5. The van der Waals surface area contributed by atoms with Crippen LogP contribution in [0.2, 0.25) is 0 Å². The van der Waals surface area contributed by atoms with E-state index in [1.54, 1.807) is 4.57 Å². The molecule has 21 heavy (non-hydrogen) atoms. The standard InChI is InChI=1S/C17H16INO2/c18-14-9-10-15-16(12-14)21-17(20)19(15)11-5-4-8-13-6-2-1-3-7-13/h1-3,6-7,9-10,12H,4-5,8,11H2. The second-order valence-corrected chi connectivity index (χ2v) is 6.32. The van der Waals surface area contributed by atoms with E-state index in [2.05, 4.69) is 46.9 Å². The molecule has 0 radical (unpaired) electrons. The Morgan fingerprint density at radius 3 is 2.67 bits per heavy atom. The Morgan fingerprint density at radius 2 is 1.86 bits per heavy atom. The summed E-state index contributed by atoms with van der Waals surface area (Å²) < 4.78 is 8.10. The van der Waals surface area contributed by atoms with Crippen molar-refractivity contribution in [3.05, 3.63) is 68.2 Å². The zero-order valence-corrected chi connectivity index (χ0v) is 13.7. The highest BCUT2D eigenvalue weighted by molar-refractivity contribution is 14.1. The molecule has 3 rings (SSSR count). The van der Waals surface area contributed by atoms with E-state index in [-0.39, 0.29) is 5.76 Å². The molecule has 0 N–H and O–H groups in total. The molecule has 0 atom stereocenters. The highest BCUT2D eigenvalue weighted by Crippen LogP contribution is 2.17. The van der Waals surface area contributed by atoms with Gasteiger partial charge in [-0.25, -0.2) is 4.79 Å². The predicted octanol–water partition coefficient (Wildman–Crippen LogP) is 4.22. The summed E-state index contributed by atoms with van der Waals surface area (Å²) in [4.78, 5) is 11.9. The quantitative estimate of drug-likeness (QED) is 0.481. The Bertz CT molecular complexity index is 789. The first-order valence-electron chi connectivity index (χ1n) is 7.07. The van der Waals surface area contributed by atoms with Crippen LogP contribution in [0.5, 0.6) is 0 Å². The van der Waals surface area contributed by atoms with Gasteiger partial charge in [0.2, 0.25) is 0 Å². The van der Waals surface area contributed by atoms with Crippen LogP contribution in [-0.4, -0.2) is 4.57 Å². The third kappa shape index (κ3) is 3.37. The molecular weight excluding hydrogens is 377 g/mol. The van der Waals surface area contributed by atoms with E-state index in [1.807, 2.05) is 24.3 Å². The maximum absolute atomic E-state index is 11.9. The van der Waals surface area contributed by atoms with E-state index in [4.69, 9.17) is 4.42 Å². The maximum atomic E-state index is 11.9. The number of hydrogen-bond acceptors (Lipinski definition) is 2. The second kappa shape index (κ2) is 6.47. The van der Waals surface area contributed by atoms with Crippen molar-refractivity contribution in [2.75, 3.05) is 0 Å². The van der Waals surface area contributed by atoms with E-state index < -0.39 is 0 Å². The van der Waals surface area contributed by atoms with Gasteiger partial charge >= 0.3 is 5.76 Å². The topological polar surface area (TPSA) is 35.1 Å². The van der Waals surface area contributed by atoms with Crippen molar-refractivity contribution >= 4 is 33.7 Å². The van der Waals surface area contributed by atoms with Gasteiger partial charge in [-0.05, 0) is 65.6 Å². The van der Waals surface area contributed by atoms with Crippen molar-refractivity contribution in [2.45, 2.75) is 25.8 Å². The smallest absolute Gasteiger partial charge is 0.408 e. The van der Waals surface area contributed by atoms with Crippen molar-refractivity contribution < 1.29 is 4.42 Å². The Hall–Kier alpha value is -1.56. The molecule has 0 fully saturated rings. The molecule has 3 aromatic rings. The Kier molecular flexibility index (Phi) is 4.43. The fourth-order valence-electron chi connectivity index (χ4n) is 2.50. The molecule has 108 valence electrons. The number of benzene rings is 2. The van der Waals surface area contributed by atoms with E-state index in [9.17, 15) is 4.79 Å². The van der Waals surface area contributed by atoms with Crippen molar-refractivity contribution in [3.8, 4) is 0 Å². The van der Waals surface area contributed by atoms with E-state index in [1.165, 1.54) is 5.56 Å². The molecule has 1 heterocycles. The first-order valence-corrected chi connectivity index (χ1v) is 8.15. The van der Waals surface area contributed by atoms with E-state index in [0.717, 1.165) is 28.3 Å². The number of aryl methyl sites for hydroxylation is 2. The summed E-state index contributed by atoms with van der Waals surface area (Å²) >= 11 is 2.22. The van der Waals surface area contributed by atoms with E-state index in [0.29, 0.717) is 12.1 Å². The summed E-state index contributed by atoms with van der Waals surface area (Å²) in [5, 5.41) is 0. The molecule has 4 heteroatoms. The van der Waals surface area contributed by atoms with Gasteiger partial charge in [-0.15, -0.1) is 0 Å². The van der Waals surface area contributed by atoms with Crippen molar-refractivity contribution in [2.24, 2.45) is 0 Å². The number of fused-ring (bicyclic) bond motifs is 1. The zero-order valence-electron chi connectivity index (χ0n) is 11.6. The molecule has 0 amide bonds. The van der Waals surface area contributed by atoms with Gasteiger partial charge in [0, 0.05) is 10.1 Å². The predicted molar refractivity (Wildman–Crippen MR) is 92.6 cm³/mol. The van der Waals surface area contributed by atoms with Crippen LogP contribution < -0.4 is 5.76 Å². The maximum Gasteiger partial charge on any atom is 0.419 e. The second-order valence-electron chi connectivity index (χ2n) is 5.07. The highest BCUT2D eigenvalue weighted by Gasteiger charge is 2.08. The SMILES string of the molecule is O=c1oc2cc(I)ccc2n1CCCCc1ccccc1. The lowest BCUT2D eigenvalue weighted by Gasteiger charge is -2.03. The van der Waals surface area contributed by atoms with Crippen LogP contribution in [0, 0.1) is 3.57 Å². The number of unbranched alkanes of at least 4 members (excludes halogenated alkanes) is 1. The molecule has 0 saturated heterocycles. The van der Waals surface area contributed by atoms with Gasteiger partial charge in [0.15, 0.2) is 5.58 Å². The van der Waals surface area contributed by atoms with Crippen LogP contribution in [0.3, 0.4) is 0 Å². The Labute approximate surface area is 136 Å². The summed E-state index contributed by atoms with van der Waals surface area (Å²) in [5.41, 5.74) is 2.91. The lowest BCUT2D eigenvalue weighted by atomic mass is 10.1. The van der Waals surface area contributed by atoms with Gasteiger partial charge in [-0.1, -0.05) is 30.3 Å². The van der Waals surface area contributed by atoms with Crippen LogP contribution >= 0.6 is 22.6 Å². The lowest BCUT2D eigenvalue weighted by molar-refractivity contribution is 0.492. The lowest BCUT2D eigenvalue weighted by Crippen LogP contribution is -2.14. The molecule has 0 aliphatic carbocycles. The monoisotopic (exact) mass is 393 g/mol. The van der Waals surface area contributed by atoms with Crippen LogP contribution in [0.25, 0.3) is 11.1 Å². The number of halogens is 1. The fraction of sp³-hybridized carbons (Fsp3) is 0.235. The summed E-state index contributed by atoms with van der Waals surface area (Å²) in [7, 11) is 0. The van der Waals surface area contributed by atoms with Crippen molar-refractivity contribution in [1.29, 1.82) is 0 Å². The van der Waals surface area contributed by atoms with Gasteiger partial charge in [0.25, 0.3) is 0 Å². The number of oxazole rings is 1. The van der Waals surface area contributed by atoms with Crippen molar-refractivity contribution in [1.82, 2.24) is 4.57 Å². The van der Waals surface area contributed by atoms with Gasteiger partial charge < -0.3 is 4.42 Å². The summed E-state index contributed by atoms with van der Waals surface area (Å²) in [6, 6.07) is 16.3. The Morgan fingerprint density at radius 1 is 1.05 bits per heavy atom. The van der Waals surface area contributed by atoms with Crippen LogP contribution in [0.4, 0.5) is 0 Å². The Balaban J connectivity index is 1.66. The number of nitrogens with zero attached hydrogens (tertiary/aromatic N) is 1. The average Bonchev–Trinajstić information content (AvgIpc) is 2.79. The van der Waals surface area contributed by atoms with Gasteiger partial charge in [-0.3, -0.25) is 4.57 Å². The largest absolute Gasteiger partial charge is 0.419 e. The van der Waals surface area contributed by atoms with Crippen LogP contribution in [0.1, 0.15) is 18.4 Å². The molecule has 0 unspecified atom stereocenters. The van der Waals surface area contributed by atoms with Crippen molar-refractivity contribution in [3.63, 3.8) is 0 Å². The summed E-state index contributed by atoms with van der Waals surface area (Å²) in [6.07, 6.45) is 3.08. The first-order chi connectivity index (χ1) is 10.2. The number of hydrogen-bond donors (Lipinski definition) is 0. The third-order valence-corrected chi connectivity index (χ3v) is 4.24. The first kappa shape index (κ1) is 14.4. The third-order valence-electron chi connectivity index (χ3n) is 3.57. The number of aromatic nitrogens is 1. The molecule has 0 bridgehead atoms. The molecule has 1 aromatic heterocycles. The minimum atomic E-state index is -0.258. The van der Waals surface area contributed by atoms with E-state index >= 15 is 0 Å². The average molecular weight is 393 g/mol. The minimum absolute atomic E-state index is 0.258.